The van der Waals surface area contributed by atoms with Gasteiger partial charge in [-0.1, -0.05) is 6.07 Å². The Morgan fingerprint density at radius 1 is 1.25 bits per heavy atom. The second kappa shape index (κ2) is 5.09. The van der Waals surface area contributed by atoms with Crippen LogP contribution >= 0.6 is 0 Å². The van der Waals surface area contributed by atoms with E-state index in [4.69, 9.17) is 0 Å². The summed E-state index contributed by atoms with van der Waals surface area (Å²) >= 11 is 0. The van der Waals surface area contributed by atoms with Crippen LogP contribution in [0.25, 0.3) is 0 Å². The van der Waals surface area contributed by atoms with Crippen LogP contribution in [0.15, 0.2) is 23.1 Å². The molecule has 20 heavy (non-hydrogen) atoms. The molecular formula is C14H19FN2O2S. The fraction of sp³-hybridized carbons (Fsp3) is 0.571. The summed E-state index contributed by atoms with van der Waals surface area (Å²) in [6, 6.07) is 4.89. The molecule has 3 rings (SSSR count). The molecule has 6 heteroatoms. The highest BCUT2D eigenvalue weighted by atomic mass is 32.2. The molecule has 2 aliphatic heterocycles. The normalized spacial score (nSPS) is 29.6. The van der Waals surface area contributed by atoms with Crippen molar-refractivity contribution in [3.8, 4) is 0 Å². The predicted molar refractivity (Wildman–Crippen MR) is 74.4 cm³/mol. The van der Waals surface area contributed by atoms with Gasteiger partial charge in [0.2, 0.25) is 10.0 Å². The minimum absolute atomic E-state index is 0.0977. The summed E-state index contributed by atoms with van der Waals surface area (Å²) in [4.78, 5) is -0.256. The van der Waals surface area contributed by atoms with E-state index in [0.29, 0.717) is 17.6 Å². The molecule has 2 N–H and O–H groups in total. The van der Waals surface area contributed by atoms with Crippen LogP contribution in [0.5, 0.6) is 0 Å². The van der Waals surface area contributed by atoms with Gasteiger partial charge in [-0.2, -0.15) is 0 Å². The van der Waals surface area contributed by atoms with Gasteiger partial charge in [0.15, 0.2) is 0 Å². The van der Waals surface area contributed by atoms with Crippen molar-refractivity contribution in [2.24, 2.45) is 0 Å². The first-order valence-corrected chi connectivity index (χ1v) is 8.47. The summed E-state index contributed by atoms with van der Waals surface area (Å²) < 4.78 is 41.1. The molecule has 2 fully saturated rings. The molecule has 0 aliphatic carbocycles. The zero-order valence-corrected chi connectivity index (χ0v) is 12.2. The molecule has 0 saturated carbocycles. The van der Waals surface area contributed by atoms with E-state index in [2.05, 4.69) is 10.0 Å². The van der Waals surface area contributed by atoms with Gasteiger partial charge in [0.1, 0.15) is 10.7 Å². The van der Waals surface area contributed by atoms with Crippen LogP contribution in [0.4, 0.5) is 4.39 Å². The van der Waals surface area contributed by atoms with Gasteiger partial charge in [0.25, 0.3) is 0 Å². The third-order valence-corrected chi connectivity index (χ3v) is 5.73. The van der Waals surface area contributed by atoms with Crippen molar-refractivity contribution in [3.05, 3.63) is 29.6 Å². The zero-order chi connectivity index (χ0) is 14.3. The Balaban J connectivity index is 1.78. The number of nitrogens with one attached hydrogen (secondary N) is 2. The van der Waals surface area contributed by atoms with Gasteiger partial charge in [0, 0.05) is 18.1 Å². The number of halogens is 1. The number of sulfonamides is 1. The van der Waals surface area contributed by atoms with E-state index in [0.717, 1.165) is 25.7 Å². The highest BCUT2D eigenvalue weighted by Crippen LogP contribution is 2.28. The SMILES string of the molecule is Cc1ccc(S(=O)(=O)NC2CC3CCC(C2)N3)c(F)c1. The molecule has 0 spiro atoms. The summed E-state index contributed by atoms with van der Waals surface area (Å²) in [6.07, 6.45) is 3.76. The predicted octanol–water partition coefficient (Wildman–Crippen LogP) is 1.70. The van der Waals surface area contributed by atoms with Gasteiger partial charge >= 0.3 is 0 Å². The van der Waals surface area contributed by atoms with Crippen LogP contribution in [0, 0.1) is 12.7 Å². The first kappa shape index (κ1) is 14.0. The lowest BCUT2D eigenvalue weighted by Gasteiger charge is -2.29. The molecule has 110 valence electrons. The first-order chi connectivity index (χ1) is 9.44. The average Bonchev–Trinajstić information content (AvgIpc) is 2.67. The summed E-state index contributed by atoms with van der Waals surface area (Å²) in [6.45, 7) is 1.73. The maximum absolute atomic E-state index is 13.8. The topological polar surface area (TPSA) is 58.2 Å². The minimum Gasteiger partial charge on any atom is -0.311 e. The quantitative estimate of drug-likeness (QED) is 0.893. The summed E-state index contributed by atoms with van der Waals surface area (Å²) in [5.41, 5.74) is 0.710. The van der Waals surface area contributed by atoms with Crippen LogP contribution in [-0.4, -0.2) is 26.5 Å². The zero-order valence-electron chi connectivity index (χ0n) is 11.4. The number of aryl methyl sites for hydroxylation is 1. The molecule has 2 aliphatic rings. The Morgan fingerprint density at radius 2 is 1.90 bits per heavy atom. The van der Waals surface area contributed by atoms with E-state index in [9.17, 15) is 12.8 Å². The Hall–Kier alpha value is -0.980. The highest BCUT2D eigenvalue weighted by molar-refractivity contribution is 7.89. The van der Waals surface area contributed by atoms with Crippen molar-refractivity contribution in [1.29, 1.82) is 0 Å². The molecule has 4 nitrogen and oxygen atoms in total. The van der Waals surface area contributed by atoms with Gasteiger partial charge in [0.05, 0.1) is 0 Å². The monoisotopic (exact) mass is 298 g/mol. The number of hydrogen-bond donors (Lipinski definition) is 2. The average molecular weight is 298 g/mol. The Morgan fingerprint density at radius 3 is 2.50 bits per heavy atom. The van der Waals surface area contributed by atoms with Crippen molar-refractivity contribution in [1.82, 2.24) is 10.0 Å². The second-order valence-electron chi connectivity index (χ2n) is 5.86. The molecule has 2 unspecified atom stereocenters. The van der Waals surface area contributed by atoms with Crippen LogP contribution in [0.2, 0.25) is 0 Å². The maximum atomic E-state index is 13.8. The fourth-order valence-electron chi connectivity index (χ4n) is 3.26. The lowest BCUT2D eigenvalue weighted by molar-refractivity contribution is 0.345. The lowest BCUT2D eigenvalue weighted by Crippen LogP contribution is -2.48. The fourth-order valence-corrected chi connectivity index (χ4v) is 4.58. The Labute approximate surface area is 118 Å². The molecule has 1 aromatic rings. The van der Waals surface area contributed by atoms with Gasteiger partial charge in [-0.15, -0.1) is 0 Å². The highest BCUT2D eigenvalue weighted by Gasteiger charge is 2.35. The van der Waals surface area contributed by atoms with Crippen molar-refractivity contribution in [2.75, 3.05) is 0 Å². The van der Waals surface area contributed by atoms with Crippen molar-refractivity contribution < 1.29 is 12.8 Å². The van der Waals surface area contributed by atoms with E-state index in [1.165, 1.54) is 12.1 Å². The third-order valence-electron chi connectivity index (χ3n) is 4.17. The summed E-state index contributed by atoms with van der Waals surface area (Å²) in [5, 5.41) is 3.46. The second-order valence-corrected chi connectivity index (χ2v) is 7.54. The largest absolute Gasteiger partial charge is 0.311 e. The molecule has 0 aromatic heterocycles. The Bertz CT molecular complexity index is 606. The van der Waals surface area contributed by atoms with Crippen LogP contribution < -0.4 is 10.0 Å². The van der Waals surface area contributed by atoms with Crippen LogP contribution in [-0.2, 0) is 10.0 Å². The van der Waals surface area contributed by atoms with Crippen molar-refractivity contribution in [3.63, 3.8) is 0 Å². The number of benzene rings is 1. The Kier molecular flexibility index (Phi) is 3.56. The summed E-state index contributed by atoms with van der Waals surface area (Å²) in [7, 11) is -3.78. The number of fused-ring (bicyclic) bond motifs is 2. The van der Waals surface area contributed by atoms with Crippen LogP contribution in [0.1, 0.15) is 31.2 Å². The smallest absolute Gasteiger partial charge is 0.243 e. The third kappa shape index (κ3) is 2.73. The minimum atomic E-state index is -3.78. The first-order valence-electron chi connectivity index (χ1n) is 6.98. The molecule has 0 radical (unpaired) electrons. The molecule has 2 bridgehead atoms. The summed E-state index contributed by atoms with van der Waals surface area (Å²) in [5.74, 6) is -0.686. The van der Waals surface area contributed by atoms with E-state index >= 15 is 0 Å². The van der Waals surface area contributed by atoms with E-state index in [-0.39, 0.29) is 10.9 Å². The molecule has 2 saturated heterocycles. The molecule has 1 aromatic carbocycles. The molecular weight excluding hydrogens is 279 g/mol. The number of hydrogen-bond acceptors (Lipinski definition) is 3. The number of rotatable bonds is 3. The van der Waals surface area contributed by atoms with Crippen molar-refractivity contribution >= 4 is 10.0 Å². The standard InChI is InChI=1S/C14H19FN2O2S/c1-9-2-5-14(13(15)6-9)20(18,19)17-12-7-10-3-4-11(8-12)16-10/h2,5-6,10-12,16-17H,3-4,7-8H2,1H3. The molecule has 2 heterocycles. The molecule has 2 atom stereocenters. The van der Waals surface area contributed by atoms with Gasteiger partial charge < -0.3 is 5.32 Å². The van der Waals surface area contributed by atoms with E-state index in [1.54, 1.807) is 13.0 Å². The van der Waals surface area contributed by atoms with Gasteiger partial charge in [-0.05, 0) is 50.3 Å². The van der Waals surface area contributed by atoms with E-state index < -0.39 is 15.8 Å². The van der Waals surface area contributed by atoms with Crippen LogP contribution in [0.3, 0.4) is 0 Å². The molecule has 0 amide bonds. The van der Waals surface area contributed by atoms with Crippen molar-refractivity contribution in [2.45, 2.75) is 55.6 Å². The number of piperidine rings is 1. The lowest BCUT2D eigenvalue weighted by atomic mass is 10.0. The van der Waals surface area contributed by atoms with E-state index in [1.807, 2.05) is 0 Å². The maximum Gasteiger partial charge on any atom is 0.243 e. The van der Waals surface area contributed by atoms with Gasteiger partial charge in [-0.25, -0.2) is 17.5 Å². The van der Waals surface area contributed by atoms with Gasteiger partial charge in [-0.3, -0.25) is 0 Å².